The van der Waals surface area contributed by atoms with E-state index < -0.39 is 23.4 Å². The van der Waals surface area contributed by atoms with Crippen molar-refractivity contribution in [2.75, 3.05) is 0 Å². The highest BCUT2D eigenvalue weighted by Gasteiger charge is 2.24. The largest absolute Gasteiger partial charge is 0.368 e. The number of fused-ring (bicyclic) bond motifs is 1. The number of rotatable bonds is 6. The standard InChI is InChI=1S/C25H25N3O3/c1-16-13-14-28(21-12-6-10-18-9-5-11-19(18)21)25(31)22(16)24(30)27-20(23(26)29)15-17-7-3-2-4-8-17/h2-4,6-8,10,12-14,20H,5,9,11,15H2,1H3,(H2,26,29)(H,27,30)/t20-/m0/s1. The van der Waals surface area contributed by atoms with E-state index in [1.165, 1.54) is 10.1 Å². The van der Waals surface area contributed by atoms with Crippen LogP contribution < -0.4 is 16.6 Å². The number of pyridine rings is 1. The molecule has 1 heterocycles. The molecular weight excluding hydrogens is 390 g/mol. The summed E-state index contributed by atoms with van der Waals surface area (Å²) in [6.07, 6.45) is 4.93. The fraction of sp³-hybridized carbons (Fsp3) is 0.240. The highest BCUT2D eigenvalue weighted by Crippen LogP contribution is 2.27. The van der Waals surface area contributed by atoms with E-state index in [-0.39, 0.29) is 12.0 Å². The van der Waals surface area contributed by atoms with Gasteiger partial charge in [-0.1, -0.05) is 42.5 Å². The summed E-state index contributed by atoms with van der Waals surface area (Å²) in [5, 5.41) is 2.67. The summed E-state index contributed by atoms with van der Waals surface area (Å²) in [4.78, 5) is 38.4. The average molecular weight is 415 g/mol. The molecule has 0 unspecified atom stereocenters. The number of benzene rings is 2. The van der Waals surface area contributed by atoms with Crippen molar-refractivity contribution in [3.05, 3.63) is 99.0 Å². The van der Waals surface area contributed by atoms with Gasteiger partial charge in [-0.3, -0.25) is 19.0 Å². The second-order valence-electron chi connectivity index (χ2n) is 7.94. The summed E-state index contributed by atoms with van der Waals surface area (Å²) in [5.74, 6) is -1.24. The molecule has 3 N–H and O–H groups in total. The number of hydrogen-bond acceptors (Lipinski definition) is 3. The molecule has 1 aliphatic rings. The Morgan fingerprint density at radius 3 is 2.58 bits per heavy atom. The molecule has 6 heteroatoms. The van der Waals surface area contributed by atoms with Crippen LogP contribution in [0.5, 0.6) is 0 Å². The van der Waals surface area contributed by atoms with Crippen LogP contribution in [-0.2, 0) is 24.1 Å². The van der Waals surface area contributed by atoms with Crippen molar-refractivity contribution in [1.29, 1.82) is 0 Å². The molecule has 3 aromatic rings. The minimum atomic E-state index is -0.914. The fourth-order valence-electron chi connectivity index (χ4n) is 4.22. The first-order chi connectivity index (χ1) is 15.0. The number of aryl methyl sites for hydroxylation is 2. The number of primary amides is 1. The van der Waals surface area contributed by atoms with Crippen molar-refractivity contribution in [2.24, 2.45) is 5.73 Å². The Morgan fingerprint density at radius 2 is 1.84 bits per heavy atom. The van der Waals surface area contributed by atoms with E-state index in [1.807, 2.05) is 42.5 Å². The Balaban J connectivity index is 1.67. The van der Waals surface area contributed by atoms with Crippen molar-refractivity contribution >= 4 is 11.8 Å². The third-order valence-electron chi connectivity index (χ3n) is 5.84. The molecule has 4 rings (SSSR count). The third kappa shape index (κ3) is 4.14. The first kappa shape index (κ1) is 20.6. The predicted molar refractivity (Wildman–Crippen MR) is 119 cm³/mol. The summed E-state index contributed by atoms with van der Waals surface area (Å²) in [7, 11) is 0. The van der Waals surface area contributed by atoms with Crippen LogP contribution in [0.2, 0.25) is 0 Å². The molecule has 0 saturated carbocycles. The molecule has 0 aliphatic heterocycles. The number of carbonyl (C=O) groups excluding carboxylic acids is 2. The van der Waals surface area contributed by atoms with Gasteiger partial charge in [0, 0.05) is 12.6 Å². The molecule has 31 heavy (non-hydrogen) atoms. The first-order valence-corrected chi connectivity index (χ1v) is 10.4. The quantitative estimate of drug-likeness (QED) is 0.648. The Hall–Kier alpha value is -3.67. The van der Waals surface area contributed by atoms with Gasteiger partial charge in [0.15, 0.2) is 0 Å². The first-order valence-electron chi connectivity index (χ1n) is 10.4. The third-order valence-corrected chi connectivity index (χ3v) is 5.84. The van der Waals surface area contributed by atoms with Gasteiger partial charge in [-0.15, -0.1) is 0 Å². The number of aromatic nitrogens is 1. The maximum Gasteiger partial charge on any atom is 0.268 e. The predicted octanol–water partition coefficient (Wildman–Crippen LogP) is 2.46. The fourth-order valence-corrected chi connectivity index (χ4v) is 4.22. The minimum absolute atomic E-state index is 0.0254. The van der Waals surface area contributed by atoms with E-state index in [0.29, 0.717) is 5.56 Å². The van der Waals surface area contributed by atoms with Crippen LogP contribution in [0, 0.1) is 6.92 Å². The zero-order valence-corrected chi connectivity index (χ0v) is 17.4. The Bertz CT molecular complexity index is 1200. The molecule has 0 radical (unpaired) electrons. The smallest absolute Gasteiger partial charge is 0.268 e. The van der Waals surface area contributed by atoms with Crippen LogP contribution in [0.1, 0.15) is 39.0 Å². The van der Waals surface area contributed by atoms with E-state index in [9.17, 15) is 14.4 Å². The topological polar surface area (TPSA) is 94.2 Å². The number of carbonyl (C=O) groups is 2. The van der Waals surface area contributed by atoms with Crippen molar-refractivity contribution in [1.82, 2.24) is 9.88 Å². The number of amides is 2. The monoisotopic (exact) mass is 415 g/mol. The molecule has 0 spiro atoms. The van der Waals surface area contributed by atoms with Crippen molar-refractivity contribution in [2.45, 2.75) is 38.6 Å². The highest BCUT2D eigenvalue weighted by molar-refractivity contribution is 5.98. The van der Waals surface area contributed by atoms with Crippen molar-refractivity contribution in [3.8, 4) is 5.69 Å². The lowest BCUT2D eigenvalue weighted by Gasteiger charge is -2.18. The van der Waals surface area contributed by atoms with Crippen molar-refractivity contribution < 1.29 is 9.59 Å². The summed E-state index contributed by atoms with van der Waals surface area (Å²) >= 11 is 0. The van der Waals surface area contributed by atoms with Gasteiger partial charge in [-0.05, 0) is 60.6 Å². The molecule has 2 aromatic carbocycles. The molecule has 2 amide bonds. The lowest BCUT2D eigenvalue weighted by atomic mass is 10.0. The molecule has 1 atom stereocenters. The molecule has 6 nitrogen and oxygen atoms in total. The number of nitrogens with two attached hydrogens (primary N) is 1. The summed E-state index contributed by atoms with van der Waals surface area (Å²) in [6.45, 7) is 1.71. The normalized spacial score (nSPS) is 13.5. The number of hydrogen-bond donors (Lipinski definition) is 2. The molecule has 1 aromatic heterocycles. The van der Waals surface area contributed by atoms with Gasteiger partial charge >= 0.3 is 0 Å². The van der Waals surface area contributed by atoms with E-state index in [0.717, 1.165) is 36.1 Å². The molecule has 1 aliphatic carbocycles. The van der Waals surface area contributed by atoms with Crippen molar-refractivity contribution in [3.63, 3.8) is 0 Å². The second kappa shape index (κ2) is 8.60. The number of nitrogens with one attached hydrogen (secondary N) is 1. The Labute approximate surface area is 180 Å². The summed E-state index contributed by atoms with van der Waals surface area (Å²) in [6, 6.07) is 16.1. The van der Waals surface area contributed by atoms with Crippen LogP contribution >= 0.6 is 0 Å². The van der Waals surface area contributed by atoms with E-state index in [2.05, 4.69) is 11.4 Å². The van der Waals surface area contributed by atoms with Crippen LogP contribution in [0.4, 0.5) is 0 Å². The molecule has 0 fully saturated rings. The summed E-state index contributed by atoms with van der Waals surface area (Å²) in [5.41, 5.74) is 9.78. The molecule has 0 saturated heterocycles. The Kier molecular flexibility index (Phi) is 5.71. The van der Waals surface area contributed by atoms with Crippen LogP contribution in [0.15, 0.2) is 65.6 Å². The Morgan fingerprint density at radius 1 is 1.06 bits per heavy atom. The van der Waals surface area contributed by atoms with Crippen LogP contribution in [0.3, 0.4) is 0 Å². The van der Waals surface area contributed by atoms with Gasteiger partial charge < -0.3 is 11.1 Å². The second-order valence-corrected chi connectivity index (χ2v) is 7.94. The zero-order valence-electron chi connectivity index (χ0n) is 17.4. The lowest BCUT2D eigenvalue weighted by molar-refractivity contribution is -0.119. The minimum Gasteiger partial charge on any atom is -0.368 e. The van der Waals surface area contributed by atoms with Crippen LogP contribution in [0.25, 0.3) is 5.69 Å². The van der Waals surface area contributed by atoms with Gasteiger partial charge in [0.2, 0.25) is 5.91 Å². The van der Waals surface area contributed by atoms with E-state index in [1.54, 1.807) is 19.2 Å². The molecule has 0 bridgehead atoms. The number of nitrogens with zero attached hydrogens (tertiary/aromatic N) is 1. The van der Waals surface area contributed by atoms with Gasteiger partial charge in [-0.25, -0.2) is 0 Å². The van der Waals surface area contributed by atoms with E-state index in [4.69, 9.17) is 5.73 Å². The highest BCUT2D eigenvalue weighted by atomic mass is 16.2. The van der Waals surface area contributed by atoms with Gasteiger partial charge in [0.1, 0.15) is 11.6 Å². The average Bonchev–Trinajstić information content (AvgIpc) is 3.23. The maximum absolute atomic E-state index is 13.3. The maximum atomic E-state index is 13.3. The molecular formula is C25H25N3O3. The zero-order chi connectivity index (χ0) is 22.0. The summed E-state index contributed by atoms with van der Waals surface area (Å²) < 4.78 is 1.53. The van der Waals surface area contributed by atoms with Gasteiger partial charge in [0.25, 0.3) is 11.5 Å². The van der Waals surface area contributed by atoms with Gasteiger partial charge in [-0.2, -0.15) is 0 Å². The SMILES string of the molecule is Cc1ccn(-c2cccc3c2CCC3)c(=O)c1C(=O)N[C@@H](Cc1ccccc1)C(N)=O. The van der Waals surface area contributed by atoms with Crippen LogP contribution in [-0.4, -0.2) is 22.4 Å². The van der Waals surface area contributed by atoms with E-state index >= 15 is 0 Å². The molecule has 158 valence electrons. The lowest BCUT2D eigenvalue weighted by Crippen LogP contribution is -2.47. The van der Waals surface area contributed by atoms with Gasteiger partial charge in [0.05, 0.1) is 5.69 Å².